The zero-order chi connectivity index (χ0) is 7.66. The van der Waals surface area contributed by atoms with Crippen molar-refractivity contribution in [2.45, 2.75) is 38.5 Å². The molecule has 10 heavy (non-hydrogen) atoms. The normalized spacial score (nSPS) is 16.6. The maximum Gasteiger partial charge on any atom is 0.00886 e. The van der Waals surface area contributed by atoms with Crippen LogP contribution in [0.3, 0.4) is 0 Å². The Morgan fingerprint density at radius 2 is 1.10 bits per heavy atom. The smallest absolute Gasteiger partial charge is 0.00886 e. The minimum atomic E-state index is 1.14. The van der Waals surface area contributed by atoms with Crippen LogP contribution in [-0.4, -0.2) is 0 Å². The van der Waals surface area contributed by atoms with Crippen LogP contribution in [0.25, 0.3) is 0 Å². The Balaban J connectivity index is 0.000000371. The van der Waals surface area contributed by atoms with Gasteiger partial charge in [0, 0.05) is 12.8 Å². The van der Waals surface area contributed by atoms with E-state index in [2.05, 4.69) is 35.2 Å². The first-order chi connectivity index (χ1) is 5.00. The van der Waals surface area contributed by atoms with Crippen LogP contribution in [-0.2, 0) is 0 Å². The maximum absolute atomic E-state index is 3.22. The summed E-state index contributed by atoms with van der Waals surface area (Å²) in [6.45, 7) is 0. The summed E-state index contributed by atoms with van der Waals surface area (Å²) in [7, 11) is 0. The van der Waals surface area contributed by atoms with Crippen LogP contribution in [0.1, 0.15) is 38.5 Å². The molecule has 1 rings (SSSR count). The van der Waals surface area contributed by atoms with Crippen LogP contribution < -0.4 is 0 Å². The quantitative estimate of drug-likeness (QED) is 0.315. The zero-order valence-electron chi connectivity index (χ0n) is 6.14. The van der Waals surface area contributed by atoms with Crippen molar-refractivity contribution in [3.05, 3.63) is 0 Å². The topological polar surface area (TPSA) is 0 Å². The second-order valence-corrected chi connectivity index (χ2v) is 2.27. The molecule has 0 aromatic rings. The Morgan fingerprint density at radius 3 is 1.50 bits per heavy atom. The SMILES string of the molecule is C1#CCCCCCC1.SS. The second kappa shape index (κ2) is 9.26. The fraction of sp³-hybridized carbons (Fsp3) is 0.750. The highest BCUT2D eigenvalue weighted by molar-refractivity contribution is 8.59. The van der Waals surface area contributed by atoms with Crippen molar-refractivity contribution in [1.82, 2.24) is 0 Å². The lowest BCUT2D eigenvalue weighted by Gasteiger charge is -1.97. The van der Waals surface area contributed by atoms with Gasteiger partial charge in [-0.1, -0.05) is 12.8 Å². The fourth-order valence-electron chi connectivity index (χ4n) is 0.957. The lowest BCUT2D eigenvalue weighted by atomic mass is 10.1. The summed E-state index contributed by atoms with van der Waals surface area (Å²) in [5.74, 6) is 6.27. The Bertz CT molecular complexity index is 98.2. The largest absolute Gasteiger partial charge is 0.115 e. The Morgan fingerprint density at radius 1 is 0.700 bits per heavy atom. The summed E-state index contributed by atoms with van der Waals surface area (Å²) in [6, 6.07) is 0. The third kappa shape index (κ3) is 6.38. The van der Waals surface area contributed by atoms with E-state index in [0.29, 0.717) is 0 Å². The standard InChI is InChI=1S/C8H12.H2S2/c1-2-4-6-8-7-5-3-1;1-2/h1-6H2;1-2H. The van der Waals surface area contributed by atoms with Gasteiger partial charge in [0.15, 0.2) is 0 Å². The van der Waals surface area contributed by atoms with Gasteiger partial charge in [0.1, 0.15) is 0 Å². The van der Waals surface area contributed by atoms with Crippen LogP contribution in [0.5, 0.6) is 0 Å². The highest BCUT2D eigenvalue weighted by Crippen LogP contribution is 2.06. The van der Waals surface area contributed by atoms with Crippen molar-refractivity contribution in [1.29, 1.82) is 0 Å². The molecule has 1 aliphatic rings. The molecule has 1 aliphatic carbocycles. The molecule has 0 spiro atoms. The van der Waals surface area contributed by atoms with Crippen molar-refractivity contribution in [3.8, 4) is 11.8 Å². The molecule has 0 heterocycles. The molecule has 0 aliphatic heterocycles. The van der Waals surface area contributed by atoms with Gasteiger partial charge < -0.3 is 0 Å². The van der Waals surface area contributed by atoms with Crippen LogP contribution in [0.2, 0.25) is 0 Å². The molecule has 0 bridgehead atoms. The molecule has 0 saturated carbocycles. The van der Waals surface area contributed by atoms with Gasteiger partial charge in [0.05, 0.1) is 0 Å². The molecule has 0 atom stereocenters. The molecule has 0 aromatic carbocycles. The molecule has 0 radical (unpaired) electrons. The Kier molecular flexibility index (Phi) is 9.50. The summed E-state index contributed by atoms with van der Waals surface area (Å²) in [6.07, 6.45) is 7.73. The first-order valence-electron chi connectivity index (χ1n) is 3.66. The van der Waals surface area contributed by atoms with Gasteiger partial charge in [-0.15, -0.1) is 35.2 Å². The molecule has 58 valence electrons. The molecule has 0 N–H and O–H groups in total. The van der Waals surface area contributed by atoms with Gasteiger partial charge in [0.25, 0.3) is 0 Å². The summed E-state index contributed by atoms with van der Waals surface area (Å²) in [5, 5.41) is 0. The van der Waals surface area contributed by atoms with E-state index in [-0.39, 0.29) is 0 Å². The highest BCUT2D eigenvalue weighted by atomic mass is 33.1. The van der Waals surface area contributed by atoms with Crippen molar-refractivity contribution >= 4 is 23.3 Å². The minimum absolute atomic E-state index is 1.14. The van der Waals surface area contributed by atoms with Gasteiger partial charge >= 0.3 is 0 Å². The average molecular weight is 174 g/mol. The van der Waals surface area contributed by atoms with Crippen molar-refractivity contribution in [2.75, 3.05) is 0 Å². The molecule has 0 amide bonds. The first kappa shape index (κ1) is 10.3. The van der Waals surface area contributed by atoms with E-state index < -0.39 is 0 Å². The third-order valence-electron chi connectivity index (χ3n) is 1.48. The van der Waals surface area contributed by atoms with E-state index in [4.69, 9.17) is 0 Å². The van der Waals surface area contributed by atoms with Crippen molar-refractivity contribution < 1.29 is 0 Å². The number of hydrogen-bond donors (Lipinski definition) is 2. The maximum atomic E-state index is 3.22. The number of hydrogen-bond acceptors (Lipinski definition) is 2. The fourth-order valence-corrected chi connectivity index (χ4v) is 0.957. The van der Waals surface area contributed by atoms with E-state index in [0.717, 1.165) is 12.8 Å². The van der Waals surface area contributed by atoms with Crippen LogP contribution in [0, 0.1) is 11.8 Å². The summed E-state index contributed by atoms with van der Waals surface area (Å²) in [5.41, 5.74) is 0. The lowest BCUT2D eigenvalue weighted by Crippen LogP contribution is -1.80. The van der Waals surface area contributed by atoms with Crippen LogP contribution >= 0.6 is 23.3 Å². The first-order valence-corrected chi connectivity index (χ1v) is 5.26. The predicted octanol–water partition coefficient (Wildman–Crippen LogP) is 3.11. The van der Waals surface area contributed by atoms with Gasteiger partial charge in [0.2, 0.25) is 0 Å². The average Bonchev–Trinajstić information content (AvgIpc) is 1.90. The summed E-state index contributed by atoms with van der Waals surface area (Å²) >= 11 is 6.44. The second-order valence-electron chi connectivity index (χ2n) is 2.27. The summed E-state index contributed by atoms with van der Waals surface area (Å²) in [4.78, 5) is 0. The van der Waals surface area contributed by atoms with Crippen molar-refractivity contribution in [2.24, 2.45) is 0 Å². The van der Waals surface area contributed by atoms with E-state index in [1.807, 2.05) is 0 Å². The molecule has 0 aromatic heterocycles. The third-order valence-corrected chi connectivity index (χ3v) is 1.48. The molecule has 0 unspecified atom stereocenters. The zero-order valence-corrected chi connectivity index (χ0v) is 7.93. The predicted molar refractivity (Wildman–Crippen MR) is 53.5 cm³/mol. The van der Waals surface area contributed by atoms with Crippen LogP contribution in [0.15, 0.2) is 0 Å². The molecule has 0 saturated heterocycles. The minimum Gasteiger partial charge on any atom is -0.115 e. The molecule has 2 heteroatoms. The van der Waals surface area contributed by atoms with E-state index in [1.54, 1.807) is 0 Å². The van der Waals surface area contributed by atoms with Crippen LogP contribution in [0.4, 0.5) is 0 Å². The van der Waals surface area contributed by atoms with E-state index >= 15 is 0 Å². The monoisotopic (exact) mass is 174 g/mol. The Hall–Kier alpha value is 0.260. The molecular formula is C8H14S2. The highest BCUT2D eigenvalue weighted by Gasteiger charge is 1.89. The van der Waals surface area contributed by atoms with Gasteiger partial charge in [-0.3, -0.25) is 0 Å². The molecule has 0 fully saturated rings. The van der Waals surface area contributed by atoms with Crippen molar-refractivity contribution in [3.63, 3.8) is 0 Å². The van der Waals surface area contributed by atoms with E-state index in [1.165, 1.54) is 25.7 Å². The van der Waals surface area contributed by atoms with Gasteiger partial charge in [-0.05, 0) is 12.8 Å². The Labute approximate surface area is 74.0 Å². The van der Waals surface area contributed by atoms with Gasteiger partial charge in [-0.2, -0.15) is 0 Å². The van der Waals surface area contributed by atoms with Gasteiger partial charge in [-0.25, -0.2) is 0 Å². The molecule has 0 nitrogen and oxygen atoms in total. The lowest BCUT2D eigenvalue weighted by molar-refractivity contribution is 0.652. The number of rotatable bonds is 0. The summed E-state index contributed by atoms with van der Waals surface area (Å²) < 4.78 is 0. The van der Waals surface area contributed by atoms with E-state index in [9.17, 15) is 0 Å². The molecular weight excluding hydrogens is 160 g/mol. The number of thiol groups is 2.